The number of aliphatic hydroxyl groups is 2. The number of hydrogen-bond donors (Lipinski definition) is 3. The Morgan fingerprint density at radius 1 is 0.966 bits per heavy atom. The van der Waals surface area contributed by atoms with Crippen molar-refractivity contribution in [3.8, 4) is 17.6 Å². The average molecular weight is 814 g/mol. The Labute approximate surface area is 346 Å². The van der Waals surface area contributed by atoms with Crippen molar-refractivity contribution in [2.24, 2.45) is 16.6 Å². The number of nitriles is 1. The molecule has 2 saturated heterocycles. The maximum absolute atomic E-state index is 14.0. The number of rotatable bonds is 13. The first-order valence-corrected chi connectivity index (χ1v) is 20.9. The van der Waals surface area contributed by atoms with Crippen LogP contribution in [0.4, 0.5) is 5.82 Å². The number of carbonyl (C=O) groups is 2. The molecule has 13 nitrogen and oxygen atoms in total. The van der Waals surface area contributed by atoms with Crippen LogP contribution in [-0.2, 0) is 6.42 Å². The molecule has 3 atom stereocenters. The minimum Gasteiger partial charge on any atom is -0.494 e. The van der Waals surface area contributed by atoms with E-state index in [1.54, 1.807) is 34.1 Å². The van der Waals surface area contributed by atoms with E-state index in [2.05, 4.69) is 48.5 Å². The van der Waals surface area contributed by atoms with Gasteiger partial charge in [-0.15, -0.1) is 0 Å². The summed E-state index contributed by atoms with van der Waals surface area (Å²) in [5.74, 6) is 1.60. The molecule has 2 aromatic carbocycles. The number of primary amides is 1. The lowest BCUT2D eigenvalue weighted by Gasteiger charge is -2.68. The molecule has 310 valence electrons. The molecule has 3 fully saturated rings. The predicted molar refractivity (Wildman–Crippen MR) is 221 cm³/mol. The molecule has 58 heavy (non-hydrogen) atoms. The molecule has 3 aliphatic heterocycles. The molecule has 0 radical (unpaired) electrons. The number of nitrogens with two attached hydrogens (primary N) is 1. The van der Waals surface area contributed by atoms with Crippen LogP contribution in [0.15, 0.2) is 54.7 Å². The zero-order chi connectivity index (χ0) is 41.4. The van der Waals surface area contributed by atoms with Crippen molar-refractivity contribution < 1.29 is 29.3 Å². The first-order chi connectivity index (χ1) is 27.7. The number of anilines is 1. The maximum atomic E-state index is 14.0. The highest BCUT2D eigenvalue weighted by molar-refractivity contribution is 6.31. The van der Waals surface area contributed by atoms with Gasteiger partial charge in [0.15, 0.2) is 0 Å². The van der Waals surface area contributed by atoms with Crippen molar-refractivity contribution in [2.45, 2.75) is 96.9 Å². The second-order valence-corrected chi connectivity index (χ2v) is 17.8. The Hall–Kier alpha value is -4.45. The second-order valence-electron chi connectivity index (χ2n) is 17.4. The second kappa shape index (κ2) is 17.0. The van der Waals surface area contributed by atoms with E-state index < -0.39 is 35.2 Å². The first kappa shape index (κ1) is 41.7. The third kappa shape index (κ3) is 8.23. The van der Waals surface area contributed by atoms with Gasteiger partial charge in [-0.25, -0.2) is 9.88 Å². The van der Waals surface area contributed by atoms with Crippen LogP contribution in [0.25, 0.3) is 0 Å². The van der Waals surface area contributed by atoms with E-state index in [0.29, 0.717) is 59.9 Å². The van der Waals surface area contributed by atoms with E-state index in [4.69, 9.17) is 26.8 Å². The largest absolute Gasteiger partial charge is 0.494 e. The van der Waals surface area contributed by atoms with Crippen LogP contribution in [0.1, 0.15) is 91.6 Å². The number of benzene rings is 2. The minimum atomic E-state index is -1.07. The fourth-order valence-corrected chi connectivity index (χ4v) is 10.4. The minimum absolute atomic E-state index is 0.114. The number of carbonyl (C=O) groups excluding carboxylic acids is 2. The number of unbranched alkanes of at least 4 members (excludes halogenated alkanes) is 2. The summed E-state index contributed by atoms with van der Waals surface area (Å²) in [6, 6.07) is 15.6. The third-order valence-corrected chi connectivity index (χ3v) is 13.1. The van der Waals surface area contributed by atoms with Crippen LogP contribution < -0.4 is 20.1 Å². The maximum Gasteiger partial charge on any atom is 0.254 e. The molecule has 7 rings (SSSR count). The molecular weight excluding hydrogens is 758 g/mol. The van der Waals surface area contributed by atoms with Crippen molar-refractivity contribution in [3.05, 3.63) is 82.0 Å². The van der Waals surface area contributed by atoms with E-state index >= 15 is 0 Å². The van der Waals surface area contributed by atoms with Gasteiger partial charge in [-0.3, -0.25) is 14.5 Å². The summed E-state index contributed by atoms with van der Waals surface area (Å²) >= 11 is 6.30. The Morgan fingerprint density at radius 2 is 1.71 bits per heavy atom. The topological polar surface area (TPSA) is 169 Å². The first-order valence-electron chi connectivity index (χ1n) is 20.5. The molecule has 4 aliphatic rings. The van der Waals surface area contributed by atoms with Crippen LogP contribution in [-0.4, -0.2) is 118 Å². The van der Waals surface area contributed by atoms with E-state index in [0.717, 1.165) is 69.1 Å². The number of hydrogen-bond acceptors (Lipinski definition) is 11. The van der Waals surface area contributed by atoms with Crippen molar-refractivity contribution in [3.63, 3.8) is 0 Å². The van der Waals surface area contributed by atoms with Gasteiger partial charge < -0.3 is 35.2 Å². The number of aliphatic hydroxyl groups excluding tert-OH is 2. The van der Waals surface area contributed by atoms with Crippen LogP contribution in [0.3, 0.4) is 0 Å². The molecule has 0 spiro atoms. The highest BCUT2D eigenvalue weighted by Gasteiger charge is 2.68. The van der Waals surface area contributed by atoms with E-state index in [1.165, 1.54) is 6.20 Å². The van der Waals surface area contributed by atoms with Crippen LogP contribution >= 0.6 is 11.6 Å². The number of ether oxygens (including phenoxy) is 2. The van der Waals surface area contributed by atoms with Crippen molar-refractivity contribution >= 4 is 29.2 Å². The summed E-state index contributed by atoms with van der Waals surface area (Å²) in [5.41, 5.74) is 6.73. The monoisotopic (exact) mass is 813 g/mol. The number of piperidine rings is 1. The quantitative estimate of drug-likeness (QED) is 0.198. The zero-order valence-electron chi connectivity index (χ0n) is 33.9. The number of piperazine rings is 1. The SMILES string of the molecule is CC1(C)C(Oc2ccc(C#N)c(Cl)c2)C(C)(C)C1N1[C@H](O)CC[C@@H](N2CCc3cc(OCCCCCN4CCN(c5ccc(C(N)=O)cn5)CC4)ccc3C2=O)[C@H]1O. The van der Waals surface area contributed by atoms with E-state index in [1.807, 2.05) is 24.3 Å². The molecular formula is C44H56ClN7O6. The molecule has 1 aliphatic carbocycles. The van der Waals surface area contributed by atoms with Crippen LogP contribution in [0.2, 0.25) is 5.02 Å². The van der Waals surface area contributed by atoms with Crippen LogP contribution in [0.5, 0.6) is 11.5 Å². The lowest BCUT2D eigenvalue weighted by Crippen LogP contribution is -2.79. The highest BCUT2D eigenvalue weighted by atomic mass is 35.5. The molecule has 1 aromatic heterocycles. The van der Waals surface area contributed by atoms with Gasteiger partial charge in [0.25, 0.3) is 5.91 Å². The molecule has 14 heteroatoms. The lowest BCUT2D eigenvalue weighted by atomic mass is 9.48. The number of likely N-dealkylation sites (tertiary alicyclic amines) is 1. The van der Waals surface area contributed by atoms with Gasteiger partial charge in [0.1, 0.15) is 41.9 Å². The normalized spacial score (nSPS) is 25.7. The summed E-state index contributed by atoms with van der Waals surface area (Å²) in [6.45, 7) is 14.1. The van der Waals surface area contributed by atoms with Gasteiger partial charge in [-0.2, -0.15) is 5.26 Å². The molecule has 0 bridgehead atoms. The fraction of sp³-hybridized carbons (Fsp3) is 0.545. The number of amides is 2. The van der Waals surface area contributed by atoms with Gasteiger partial charge >= 0.3 is 0 Å². The van der Waals surface area contributed by atoms with Crippen molar-refractivity contribution in [1.82, 2.24) is 19.7 Å². The molecule has 2 amide bonds. The summed E-state index contributed by atoms with van der Waals surface area (Å²) in [5, 5.41) is 33.0. The van der Waals surface area contributed by atoms with Crippen molar-refractivity contribution in [1.29, 1.82) is 5.26 Å². The Morgan fingerprint density at radius 3 is 2.38 bits per heavy atom. The Kier molecular flexibility index (Phi) is 12.2. The molecule has 3 aromatic rings. The van der Waals surface area contributed by atoms with Gasteiger partial charge in [0, 0.05) is 67.4 Å². The zero-order valence-corrected chi connectivity index (χ0v) is 34.7. The molecule has 1 saturated carbocycles. The van der Waals surface area contributed by atoms with Gasteiger partial charge in [-0.1, -0.05) is 39.3 Å². The average Bonchev–Trinajstić information content (AvgIpc) is 3.20. The van der Waals surface area contributed by atoms with Crippen molar-refractivity contribution in [2.75, 3.05) is 50.8 Å². The summed E-state index contributed by atoms with van der Waals surface area (Å²) in [6.07, 6.45) is 3.96. The third-order valence-electron chi connectivity index (χ3n) is 12.8. The number of aromatic nitrogens is 1. The number of nitrogens with zero attached hydrogens (tertiary/aromatic N) is 6. The molecule has 4 N–H and O–H groups in total. The van der Waals surface area contributed by atoms with E-state index in [-0.39, 0.29) is 18.1 Å². The smallest absolute Gasteiger partial charge is 0.254 e. The van der Waals surface area contributed by atoms with Gasteiger partial charge in [0.2, 0.25) is 5.91 Å². The fourth-order valence-electron chi connectivity index (χ4n) is 10.2. The Balaban J connectivity index is 0.880. The van der Waals surface area contributed by atoms with Crippen LogP contribution in [0, 0.1) is 22.2 Å². The summed E-state index contributed by atoms with van der Waals surface area (Å²) in [7, 11) is 0. The number of pyridine rings is 1. The predicted octanol–water partition coefficient (Wildman–Crippen LogP) is 5.06. The number of fused-ring (bicyclic) bond motifs is 1. The number of halogens is 1. The summed E-state index contributed by atoms with van der Waals surface area (Å²) in [4.78, 5) is 38.0. The molecule has 4 heterocycles. The van der Waals surface area contributed by atoms with Gasteiger partial charge in [-0.05, 0) is 93.1 Å². The Bertz CT molecular complexity index is 2000. The lowest BCUT2D eigenvalue weighted by molar-refractivity contribution is -0.285. The molecule has 0 unspecified atom stereocenters. The van der Waals surface area contributed by atoms with E-state index in [9.17, 15) is 25.1 Å². The summed E-state index contributed by atoms with van der Waals surface area (Å²) < 4.78 is 12.6. The highest BCUT2D eigenvalue weighted by Crippen LogP contribution is 2.59. The van der Waals surface area contributed by atoms with Gasteiger partial charge in [0.05, 0.1) is 28.8 Å². The standard InChI is InChI=1S/C44H56ClN7O6/c1-43(2)41(44(3,4)42(43)58-32-10-8-29(26-46)34(45)25-32)52-37(53)15-13-35(40(52)56)51-18-16-28-24-31(11-12-33(28)39(51)55)57-23-7-5-6-17-49-19-21-50(22-20-49)36-14-9-30(27-48-36)38(47)54/h8-12,14,24-25,27,35,37,40-42,53,56H,5-7,13,15-23H2,1-4H3,(H2,47,54)/t35-,37-,40-,41?,42?/m1/s1.